The molecule has 1 heterocycles. The van der Waals surface area contributed by atoms with Crippen molar-refractivity contribution in [3.8, 4) is 0 Å². The van der Waals surface area contributed by atoms with Crippen LogP contribution in [0.1, 0.15) is 13.8 Å². The fourth-order valence-electron chi connectivity index (χ4n) is 0.777. The molecule has 3 nitrogen and oxygen atoms in total. The smallest absolute Gasteiger partial charge is 0.407 e. The molecule has 0 unspecified atom stereocenters. The van der Waals surface area contributed by atoms with Gasteiger partial charge >= 0.3 is 6.09 Å². The van der Waals surface area contributed by atoms with Gasteiger partial charge in [-0.2, -0.15) is 0 Å². The van der Waals surface area contributed by atoms with Crippen LogP contribution in [0.2, 0.25) is 0 Å². The molecule has 1 N–H and O–H groups in total. The fourth-order valence-corrected chi connectivity index (χ4v) is 0.777. The molecule has 1 aliphatic heterocycles. The van der Waals surface area contributed by atoms with Crippen molar-refractivity contribution in [1.82, 2.24) is 5.32 Å². The number of amides is 1. The lowest BCUT2D eigenvalue weighted by atomic mass is 10.1. The number of cyclic esters (lactones) is 1. The maximum atomic E-state index is 10.4. The van der Waals surface area contributed by atoms with E-state index in [4.69, 9.17) is 4.74 Å². The lowest BCUT2D eigenvalue weighted by molar-refractivity contribution is 0.115. The second-order valence-electron chi connectivity index (χ2n) is 2.57. The van der Waals surface area contributed by atoms with E-state index in [1.807, 2.05) is 13.8 Å². The molecule has 9 heavy (non-hydrogen) atoms. The molecular formula is C6H11NO2. The van der Waals surface area contributed by atoms with E-state index in [-0.39, 0.29) is 12.2 Å². The van der Waals surface area contributed by atoms with Crippen molar-refractivity contribution < 1.29 is 9.53 Å². The minimum Gasteiger partial charge on any atom is -0.444 e. The zero-order valence-corrected chi connectivity index (χ0v) is 5.68. The van der Waals surface area contributed by atoms with Crippen molar-refractivity contribution >= 4 is 6.09 Å². The Labute approximate surface area is 54.4 Å². The highest BCUT2D eigenvalue weighted by Gasteiger charge is 2.24. The van der Waals surface area contributed by atoms with Crippen LogP contribution < -0.4 is 5.32 Å². The van der Waals surface area contributed by atoms with Crippen LogP contribution in [-0.4, -0.2) is 18.7 Å². The van der Waals surface area contributed by atoms with Crippen molar-refractivity contribution in [2.75, 3.05) is 6.54 Å². The summed E-state index contributed by atoms with van der Waals surface area (Å²) in [5.74, 6) is 0.420. The predicted molar refractivity (Wildman–Crippen MR) is 33.1 cm³/mol. The molecule has 52 valence electrons. The van der Waals surface area contributed by atoms with Gasteiger partial charge in [0.25, 0.3) is 0 Å². The van der Waals surface area contributed by atoms with Crippen LogP contribution in [0, 0.1) is 5.92 Å². The van der Waals surface area contributed by atoms with E-state index in [0.717, 1.165) is 0 Å². The molecule has 1 atom stereocenters. The first-order valence-corrected chi connectivity index (χ1v) is 3.14. The van der Waals surface area contributed by atoms with Gasteiger partial charge in [0.15, 0.2) is 0 Å². The summed E-state index contributed by atoms with van der Waals surface area (Å²) in [6.07, 6.45) is -0.203. The van der Waals surface area contributed by atoms with Gasteiger partial charge in [0.05, 0.1) is 6.54 Å². The Hall–Kier alpha value is -0.730. The third-order valence-electron chi connectivity index (χ3n) is 1.45. The Balaban J connectivity index is 2.39. The number of hydrogen-bond donors (Lipinski definition) is 1. The molecule has 1 amide bonds. The number of ether oxygens (including phenoxy) is 1. The van der Waals surface area contributed by atoms with Gasteiger partial charge in [0, 0.05) is 0 Å². The van der Waals surface area contributed by atoms with E-state index < -0.39 is 0 Å². The van der Waals surface area contributed by atoms with Gasteiger partial charge < -0.3 is 10.1 Å². The maximum absolute atomic E-state index is 10.4. The Kier molecular flexibility index (Phi) is 1.60. The molecule has 0 saturated carbocycles. The van der Waals surface area contributed by atoms with Gasteiger partial charge in [-0.15, -0.1) is 0 Å². The van der Waals surface area contributed by atoms with E-state index >= 15 is 0 Å². The number of nitrogens with one attached hydrogen (secondary N) is 1. The Morgan fingerprint density at radius 1 is 1.78 bits per heavy atom. The van der Waals surface area contributed by atoms with Crippen LogP contribution in [0.5, 0.6) is 0 Å². The van der Waals surface area contributed by atoms with E-state index in [1.54, 1.807) is 0 Å². The number of hydrogen-bond acceptors (Lipinski definition) is 2. The van der Waals surface area contributed by atoms with Crippen molar-refractivity contribution in [3.63, 3.8) is 0 Å². The van der Waals surface area contributed by atoms with Crippen molar-refractivity contribution in [1.29, 1.82) is 0 Å². The maximum Gasteiger partial charge on any atom is 0.407 e. The number of carbonyl (C=O) groups is 1. The molecule has 0 aliphatic carbocycles. The minimum atomic E-state index is -0.284. The van der Waals surface area contributed by atoms with Gasteiger partial charge in [-0.05, 0) is 5.92 Å². The summed E-state index contributed by atoms with van der Waals surface area (Å²) in [7, 11) is 0. The molecule has 0 aromatic carbocycles. The van der Waals surface area contributed by atoms with Gasteiger partial charge in [-0.3, -0.25) is 0 Å². The number of alkyl carbamates (subject to hydrolysis) is 1. The molecular weight excluding hydrogens is 118 g/mol. The number of carbonyl (C=O) groups excluding carboxylic acids is 1. The highest BCUT2D eigenvalue weighted by Crippen LogP contribution is 2.09. The first-order chi connectivity index (χ1) is 4.20. The van der Waals surface area contributed by atoms with Crippen LogP contribution in [0.15, 0.2) is 0 Å². The summed E-state index contributed by atoms with van der Waals surface area (Å²) >= 11 is 0. The highest BCUT2D eigenvalue weighted by molar-refractivity contribution is 5.69. The number of rotatable bonds is 1. The SMILES string of the molecule is CC(C)[C@@H]1CNC(=O)O1. The van der Waals surface area contributed by atoms with Crippen LogP contribution in [0.3, 0.4) is 0 Å². The average molecular weight is 129 g/mol. The molecule has 1 fully saturated rings. The van der Waals surface area contributed by atoms with E-state index in [2.05, 4.69) is 5.32 Å². The third kappa shape index (κ3) is 1.34. The Bertz CT molecular complexity index is 122. The second kappa shape index (κ2) is 2.25. The minimum absolute atomic E-state index is 0.0810. The summed E-state index contributed by atoms with van der Waals surface area (Å²) in [5.41, 5.74) is 0. The van der Waals surface area contributed by atoms with Crippen LogP contribution in [0.4, 0.5) is 4.79 Å². The van der Waals surface area contributed by atoms with Crippen molar-refractivity contribution in [3.05, 3.63) is 0 Å². The fraction of sp³-hybridized carbons (Fsp3) is 0.833. The lowest BCUT2D eigenvalue weighted by Crippen LogP contribution is -2.19. The standard InChI is InChI=1S/C6H11NO2/c1-4(2)5-3-7-6(8)9-5/h4-5H,3H2,1-2H3,(H,7,8)/t5-/m0/s1. The molecule has 0 aromatic heterocycles. The zero-order chi connectivity index (χ0) is 6.85. The molecule has 1 aliphatic rings. The first kappa shape index (κ1) is 6.39. The van der Waals surface area contributed by atoms with Gasteiger partial charge in [-0.25, -0.2) is 4.79 Å². The Morgan fingerprint density at radius 3 is 2.67 bits per heavy atom. The highest BCUT2D eigenvalue weighted by atomic mass is 16.6. The average Bonchev–Trinajstić information content (AvgIpc) is 2.14. The zero-order valence-electron chi connectivity index (χ0n) is 5.68. The van der Waals surface area contributed by atoms with E-state index in [0.29, 0.717) is 12.5 Å². The van der Waals surface area contributed by atoms with Gasteiger partial charge in [-0.1, -0.05) is 13.8 Å². The summed E-state index contributed by atoms with van der Waals surface area (Å²) in [6.45, 7) is 4.73. The molecule has 0 bridgehead atoms. The molecule has 0 spiro atoms. The Morgan fingerprint density at radius 2 is 2.44 bits per heavy atom. The molecule has 0 radical (unpaired) electrons. The van der Waals surface area contributed by atoms with Crippen LogP contribution >= 0.6 is 0 Å². The molecule has 3 heteroatoms. The van der Waals surface area contributed by atoms with Gasteiger partial charge in [0.1, 0.15) is 6.10 Å². The summed E-state index contributed by atoms with van der Waals surface area (Å²) in [6, 6.07) is 0. The van der Waals surface area contributed by atoms with Crippen molar-refractivity contribution in [2.45, 2.75) is 20.0 Å². The van der Waals surface area contributed by atoms with Crippen LogP contribution in [0.25, 0.3) is 0 Å². The van der Waals surface area contributed by atoms with Crippen LogP contribution in [-0.2, 0) is 4.74 Å². The third-order valence-corrected chi connectivity index (χ3v) is 1.45. The first-order valence-electron chi connectivity index (χ1n) is 3.14. The monoisotopic (exact) mass is 129 g/mol. The summed E-state index contributed by atoms with van der Waals surface area (Å²) < 4.78 is 4.87. The second-order valence-corrected chi connectivity index (χ2v) is 2.57. The molecule has 0 aromatic rings. The summed E-state index contributed by atoms with van der Waals surface area (Å²) in [5, 5.41) is 2.59. The lowest BCUT2D eigenvalue weighted by Gasteiger charge is -2.09. The quantitative estimate of drug-likeness (QED) is 0.567. The predicted octanol–water partition coefficient (Wildman–Crippen LogP) is 0.751. The normalized spacial score (nSPS) is 26.1. The van der Waals surface area contributed by atoms with Gasteiger partial charge in [0.2, 0.25) is 0 Å². The largest absolute Gasteiger partial charge is 0.444 e. The molecule has 1 rings (SSSR count). The van der Waals surface area contributed by atoms with E-state index in [9.17, 15) is 4.79 Å². The van der Waals surface area contributed by atoms with Crippen molar-refractivity contribution in [2.24, 2.45) is 5.92 Å². The summed E-state index contributed by atoms with van der Waals surface area (Å²) in [4.78, 5) is 10.4. The topological polar surface area (TPSA) is 38.3 Å². The van der Waals surface area contributed by atoms with E-state index in [1.165, 1.54) is 0 Å². The molecule has 1 saturated heterocycles.